The van der Waals surface area contributed by atoms with Gasteiger partial charge in [-0.15, -0.1) is 0 Å². The average molecular weight is 501 g/mol. The number of pyridine rings is 1. The van der Waals surface area contributed by atoms with Crippen LogP contribution in [0.4, 0.5) is 11.5 Å². The molecule has 0 radical (unpaired) electrons. The van der Waals surface area contributed by atoms with Crippen LogP contribution in [0.3, 0.4) is 0 Å². The zero-order valence-corrected chi connectivity index (χ0v) is 21.4. The van der Waals surface area contributed by atoms with Gasteiger partial charge in [0.25, 0.3) is 0 Å². The second kappa shape index (κ2) is 12.7. The lowest BCUT2D eigenvalue weighted by molar-refractivity contribution is 0.392. The van der Waals surface area contributed by atoms with Gasteiger partial charge in [0.1, 0.15) is 5.82 Å². The van der Waals surface area contributed by atoms with Crippen LogP contribution in [0, 0.1) is 0 Å². The number of hydrogen-bond donors (Lipinski definition) is 1. The van der Waals surface area contributed by atoms with E-state index in [1.807, 2.05) is 61.5 Å². The van der Waals surface area contributed by atoms with Crippen LogP contribution in [0.25, 0.3) is 0 Å². The van der Waals surface area contributed by atoms with Crippen molar-refractivity contribution in [1.29, 1.82) is 0 Å². The van der Waals surface area contributed by atoms with E-state index >= 15 is 0 Å². The molecule has 0 amide bonds. The Bertz CT molecular complexity index is 1110. The summed E-state index contributed by atoms with van der Waals surface area (Å²) in [5.74, 6) is 0.878. The second-order valence-corrected chi connectivity index (χ2v) is 10.8. The van der Waals surface area contributed by atoms with E-state index in [1.54, 1.807) is 34.8 Å². The Balaban J connectivity index is 1.58. The molecule has 0 saturated heterocycles. The zero-order valence-electron chi connectivity index (χ0n) is 19.8. The molecule has 0 aliphatic carbocycles. The van der Waals surface area contributed by atoms with Crippen molar-refractivity contribution in [2.24, 2.45) is 0 Å². The van der Waals surface area contributed by atoms with Crippen LogP contribution in [0.2, 0.25) is 5.02 Å². The Morgan fingerprint density at radius 3 is 2.24 bits per heavy atom. The van der Waals surface area contributed by atoms with Gasteiger partial charge in [0, 0.05) is 50.6 Å². The molecule has 6 nitrogen and oxygen atoms in total. The van der Waals surface area contributed by atoms with Gasteiger partial charge in [0.05, 0.1) is 4.90 Å². The van der Waals surface area contributed by atoms with Crippen molar-refractivity contribution in [3.63, 3.8) is 0 Å². The van der Waals surface area contributed by atoms with E-state index < -0.39 is 10.0 Å². The summed E-state index contributed by atoms with van der Waals surface area (Å²) in [4.78, 5) is 6.54. The minimum Gasteiger partial charge on any atom is -0.378 e. The Kier molecular flexibility index (Phi) is 9.74. The Labute approximate surface area is 208 Å². The van der Waals surface area contributed by atoms with E-state index in [1.165, 1.54) is 0 Å². The fraction of sp³-hybridized carbons (Fsp3) is 0.346. The topological polar surface area (TPSA) is 65.5 Å². The summed E-state index contributed by atoms with van der Waals surface area (Å²) >= 11 is 5.97. The summed E-state index contributed by atoms with van der Waals surface area (Å²) in [5.41, 5.74) is 2.04. The third kappa shape index (κ3) is 7.72. The first-order valence-electron chi connectivity index (χ1n) is 11.5. The molecule has 0 aliphatic heterocycles. The highest BCUT2D eigenvalue weighted by Gasteiger charge is 2.24. The molecular weight excluding hydrogens is 468 g/mol. The van der Waals surface area contributed by atoms with E-state index in [-0.39, 0.29) is 4.90 Å². The van der Waals surface area contributed by atoms with Gasteiger partial charge in [-0.1, -0.05) is 42.6 Å². The van der Waals surface area contributed by atoms with Gasteiger partial charge in [0.2, 0.25) is 10.0 Å². The number of sulfonamides is 1. The normalized spacial score (nSPS) is 11.5. The van der Waals surface area contributed by atoms with E-state index in [9.17, 15) is 8.42 Å². The number of benzene rings is 2. The summed E-state index contributed by atoms with van der Waals surface area (Å²) < 4.78 is 28.4. The van der Waals surface area contributed by atoms with E-state index in [2.05, 4.69) is 10.3 Å². The molecule has 3 rings (SSSR count). The SMILES string of the molecule is CN(C)c1ccc(CN(CCCCCCNc2ccccn2)S(=O)(=O)c2ccc(Cl)cc2)cc1. The van der Waals surface area contributed by atoms with Crippen LogP contribution in [-0.4, -0.2) is 44.9 Å². The highest BCUT2D eigenvalue weighted by atomic mass is 35.5. The molecule has 1 heterocycles. The van der Waals surface area contributed by atoms with Gasteiger partial charge in [-0.25, -0.2) is 13.4 Å². The minimum atomic E-state index is -3.63. The number of nitrogens with zero attached hydrogens (tertiary/aromatic N) is 3. The van der Waals surface area contributed by atoms with Crippen LogP contribution in [0.15, 0.2) is 77.8 Å². The van der Waals surface area contributed by atoms with Gasteiger partial charge in [-0.05, 0) is 66.9 Å². The Morgan fingerprint density at radius 1 is 0.882 bits per heavy atom. The van der Waals surface area contributed by atoms with Crippen molar-refractivity contribution in [3.8, 4) is 0 Å². The second-order valence-electron chi connectivity index (χ2n) is 8.41. The number of hydrogen-bond acceptors (Lipinski definition) is 5. The number of unbranched alkanes of at least 4 members (excludes halogenated alkanes) is 3. The predicted molar refractivity (Wildman–Crippen MR) is 141 cm³/mol. The van der Waals surface area contributed by atoms with Gasteiger partial charge < -0.3 is 10.2 Å². The molecule has 0 aliphatic rings. The maximum Gasteiger partial charge on any atom is 0.243 e. The molecule has 0 spiro atoms. The van der Waals surface area contributed by atoms with Crippen LogP contribution < -0.4 is 10.2 Å². The van der Waals surface area contributed by atoms with Gasteiger partial charge in [-0.2, -0.15) is 4.31 Å². The number of halogens is 1. The molecule has 1 N–H and O–H groups in total. The van der Waals surface area contributed by atoms with Crippen molar-refractivity contribution in [2.45, 2.75) is 37.1 Å². The first-order chi connectivity index (χ1) is 16.4. The number of nitrogens with one attached hydrogen (secondary N) is 1. The van der Waals surface area contributed by atoms with Crippen molar-refractivity contribution >= 4 is 33.1 Å². The summed E-state index contributed by atoms with van der Waals surface area (Å²) in [6.07, 6.45) is 5.55. The maximum atomic E-state index is 13.4. The van der Waals surface area contributed by atoms with E-state index in [0.717, 1.165) is 49.3 Å². The van der Waals surface area contributed by atoms with Crippen LogP contribution >= 0.6 is 11.6 Å². The molecule has 0 saturated carbocycles. The number of aromatic nitrogens is 1. The summed E-state index contributed by atoms with van der Waals surface area (Å²) in [6, 6.07) is 20.2. The molecule has 0 bridgehead atoms. The fourth-order valence-corrected chi connectivity index (χ4v) is 5.19. The van der Waals surface area contributed by atoms with E-state index in [0.29, 0.717) is 18.1 Å². The lowest BCUT2D eigenvalue weighted by Crippen LogP contribution is -2.31. The third-order valence-corrected chi connectivity index (χ3v) is 7.68. The molecule has 0 fully saturated rings. The predicted octanol–water partition coefficient (Wildman–Crippen LogP) is 5.66. The first-order valence-corrected chi connectivity index (χ1v) is 13.3. The molecule has 1 aromatic heterocycles. The van der Waals surface area contributed by atoms with Gasteiger partial charge in [0.15, 0.2) is 0 Å². The quantitative estimate of drug-likeness (QED) is 0.306. The molecule has 8 heteroatoms. The van der Waals surface area contributed by atoms with Crippen LogP contribution in [0.5, 0.6) is 0 Å². The van der Waals surface area contributed by atoms with E-state index in [4.69, 9.17) is 11.6 Å². The fourth-order valence-electron chi connectivity index (χ4n) is 3.59. The molecule has 0 atom stereocenters. The largest absolute Gasteiger partial charge is 0.378 e. The molecule has 2 aromatic carbocycles. The maximum absolute atomic E-state index is 13.4. The number of anilines is 2. The Morgan fingerprint density at radius 2 is 1.59 bits per heavy atom. The molecule has 3 aromatic rings. The monoisotopic (exact) mass is 500 g/mol. The van der Waals surface area contributed by atoms with Crippen molar-refractivity contribution in [3.05, 3.63) is 83.5 Å². The van der Waals surface area contributed by atoms with Crippen LogP contribution in [-0.2, 0) is 16.6 Å². The lowest BCUT2D eigenvalue weighted by atomic mass is 10.1. The summed E-state index contributed by atoms with van der Waals surface area (Å²) in [7, 11) is 0.336. The first kappa shape index (κ1) is 26.0. The zero-order chi connectivity index (χ0) is 24.4. The smallest absolute Gasteiger partial charge is 0.243 e. The summed E-state index contributed by atoms with van der Waals surface area (Å²) in [6.45, 7) is 1.65. The lowest BCUT2D eigenvalue weighted by Gasteiger charge is -2.23. The molecule has 182 valence electrons. The molecule has 34 heavy (non-hydrogen) atoms. The average Bonchev–Trinajstić information content (AvgIpc) is 2.84. The van der Waals surface area contributed by atoms with Crippen molar-refractivity contribution < 1.29 is 8.42 Å². The number of rotatable bonds is 13. The molecule has 0 unspecified atom stereocenters. The van der Waals surface area contributed by atoms with Crippen LogP contribution in [0.1, 0.15) is 31.2 Å². The standard InChI is InChI=1S/C26H33ClN4O2S/c1-30(2)24-14-10-22(11-15-24)21-31(34(32,33)25-16-12-23(27)13-17-25)20-8-4-3-6-18-28-26-9-5-7-19-29-26/h5,7,9-17,19H,3-4,6,8,18,20-21H2,1-2H3,(H,28,29). The minimum absolute atomic E-state index is 0.265. The highest BCUT2D eigenvalue weighted by Crippen LogP contribution is 2.22. The molecular formula is C26H33ClN4O2S. The van der Waals surface area contributed by atoms with Crippen molar-refractivity contribution in [1.82, 2.24) is 9.29 Å². The van der Waals surface area contributed by atoms with Crippen molar-refractivity contribution in [2.75, 3.05) is 37.4 Å². The van der Waals surface area contributed by atoms with Gasteiger partial charge in [-0.3, -0.25) is 0 Å². The third-order valence-electron chi connectivity index (χ3n) is 5.57. The Hall–Kier alpha value is -2.61. The summed E-state index contributed by atoms with van der Waals surface area (Å²) in [5, 5.41) is 3.83. The van der Waals surface area contributed by atoms with Gasteiger partial charge >= 0.3 is 0 Å². The highest BCUT2D eigenvalue weighted by molar-refractivity contribution is 7.89.